The van der Waals surface area contributed by atoms with E-state index in [1.807, 2.05) is 18.3 Å². The molecule has 0 bridgehead atoms. The van der Waals surface area contributed by atoms with Crippen LogP contribution in [-0.4, -0.2) is 30.9 Å². The molecule has 0 saturated heterocycles. The van der Waals surface area contributed by atoms with Crippen molar-refractivity contribution in [1.29, 1.82) is 0 Å². The van der Waals surface area contributed by atoms with Crippen molar-refractivity contribution in [3.05, 3.63) is 65.2 Å². The molecular formula is C24H28N2O2. The van der Waals surface area contributed by atoms with Crippen LogP contribution in [0.2, 0.25) is 0 Å². The number of hydrogen-bond acceptors (Lipinski definition) is 4. The van der Waals surface area contributed by atoms with E-state index in [-0.39, 0.29) is 11.5 Å². The predicted molar refractivity (Wildman–Crippen MR) is 117 cm³/mol. The number of esters is 1. The Morgan fingerprint density at radius 3 is 2.68 bits per heavy atom. The Labute approximate surface area is 167 Å². The van der Waals surface area contributed by atoms with Crippen molar-refractivity contribution in [2.24, 2.45) is 4.99 Å². The highest BCUT2D eigenvalue weighted by atomic mass is 16.5. The van der Waals surface area contributed by atoms with Crippen LogP contribution in [0.4, 0.5) is 11.4 Å². The number of rotatable bonds is 5. The lowest BCUT2D eigenvalue weighted by molar-refractivity contribution is 0.0526. The first-order valence-electron chi connectivity index (χ1n) is 9.78. The van der Waals surface area contributed by atoms with Crippen LogP contribution in [0.5, 0.6) is 0 Å². The van der Waals surface area contributed by atoms with Crippen LogP contribution in [-0.2, 0) is 4.74 Å². The van der Waals surface area contributed by atoms with Crippen LogP contribution in [0.1, 0.15) is 56.1 Å². The molecule has 0 amide bonds. The van der Waals surface area contributed by atoms with Gasteiger partial charge in [0.2, 0.25) is 0 Å². The van der Waals surface area contributed by atoms with Gasteiger partial charge in [0.15, 0.2) is 0 Å². The van der Waals surface area contributed by atoms with E-state index in [0.29, 0.717) is 12.2 Å². The van der Waals surface area contributed by atoms with E-state index in [9.17, 15) is 4.79 Å². The molecule has 146 valence electrons. The number of carbonyl (C=O) groups excluding carboxylic acids is 1. The third kappa shape index (κ3) is 4.01. The lowest BCUT2D eigenvalue weighted by atomic mass is 9.88. The molecule has 2 aromatic carbocycles. The van der Waals surface area contributed by atoms with Gasteiger partial charge in [-0.05, 0) is 76.1 Å². The van der Waals surface area contributed by atoms with Crippen molar-refractivity contribution >= 4 is 29.1 Å². The SMILES string of the molecule is CCOC(=O)c1cccc(N=Cc2ccc3c(c2)C(C)=CC(C)(C)N3CC)c1. The fourth-order valence-electron chi connectivity index (χ4n) is 3.84. The van der Waals surface area contributed by atoms with Crippen LogP contribution >= 0.6 is 0 Å². The molecular weight excluding hydrogens is 348 g/mol. The van der Waals surface area contributed by atoms with E-state index in [1.54, 1.807) is 19.1 Å². The van der Waals surface area contributed by atoms with E-state index in [0.717, 1.165) is 17.8 Å². The Morgan fingerprint density at radius 1 is 1.18 bits per heavy atom. The van der Waals surface area contributed by atoms with Crippen LogP contribution in [0.15, 0.2) is 53.5 Å². The first kappa shape index (κ1) is 19.9. The van der Waals surface area contributed by atoms with Gasteiger partial charge in [-0.25, -0.2) is 4.79 Å². The second-order valence-corrected chi connectivity index (χ2v) is 7.53. The highest BCUT2D eigenvalue weighted by Gasteiger charge is 2.29. The maximum absolute atomic E-state index is 11.9. The Balaban J connectivity index is 1.88. The Hall–Kier alpha value is -2.88. The molecule has 0 unspecified atom stereocenters. The lowest BCUT2D eigenvalue weighted by Crippen LogP contribution is -2.44. The zero-order valence-corrected chi connectivity index (χ0v) is 17.3. The largest absolute Gasteiger partial charge is 0.462 e. The number of aliphatic imine (C=N–C) groups is 1. The second-order valence-electron chi connectivity index (χ2n) is 7.53. The van der Waals surface area contributed by atoms with Crippen molar-refractivity contribution in [3.8, 4) is 0 Å². The average Bonchev–Trinajstić information content (AvgIpc) is 2.66. The molecule has 0 radical (unpaired) electrons. The van der Waals surface area contributed by atoms with Crippen molar-refractivity contribution in [2.45, 2.75) is 40.2 Å². The van der Waals surface area contributed by atoms with Crippen molar-refractivity contribution in [2.75, 3.05) is 18.1 Å². The smallest absolute Gasteiger partial charge is 0.338 e. The van der Waals surface area contributed by atoms with Gasteiger partial charge in [0.1, 0.15) is 0 Å². The molecule has 0 saturated carbocycles. The van der Waals surface area contributed by atoms with Gasteiger partial charge < -0.3 is 9.64 Å². The average molecular weight is 377 g/mol. The summed E-state index contributed by atoms with van der Waals surface area (Å²) in [4.78, 5) is 18.9. The summed E-state index contributed by atoms with van der Waals surface area (Å²) in [6.07, 6.45) is 4.16. The maximum Gasteiger partial charge on any atom is 0.338 e. The molecule has 1 heterocycles. The summed E-state index contributed by atoms with van der Waals surface area (Å²) in [6, 6.07) is 13.6. The van der Waals surface area contributed by atoms with Gasteiger partial charge in [-0.3, -0.25) is 4.99 Å². The molecule has 3 rings (SSSR count). The van der Waals surface area contributed by atoms with Gasteiger partial charge >= 0.3 is 5.97 Å². The number of hydrogen-bond donors (Lipinski definition) is 0. The Morgan fingerprint density at radius 2 is 1.96 bits per heavy atom. The van der Waals surface area contributed by atoms with Crippen molar-refractivity contribution < 1.29 is 9.53 Å². The van der Waals surface area contributed by atoms with Crippen LogP contribution < -0.4 is 4.90 Å². The topological polar surface area (TPSA) is 41.9 Å². The summed E-state index contributed by atoms with van der Waals surface area (Å²) >= 11 is 0. The highest BCUT2D eigenvalue weighted by Crippen LogP contribution is 2.38. The second kappa shape index (κ2) is 8.01. The van der Waals surface area contributed by atoms with Gasteiger partial charge in [0, 0.05) is 24.0 Å². The van der Waals surface area contributed by atoms with Gasteiger partial charge in [0.05, 0.1) is 23.4 Å². The molecule has 4 heteroatoms. The van der Waals surface area contributed by atoms with E-state index < -0.39 is 0 Å². The summed E-state index contributed by atoms with van der Waals surface area (Å²) in [5, 5.41) is 0. The molecule has 4 nitrogen and oxygen atoms in total. The first-order chi connectivity index (χ1) is 13.4. The van der Waals surface area contributed by atoms with Gasteiger partial charge in [-0.1, -0.05) is 18.2 Å². The monoisotopic (exact) mass is 376 g/mol. The molecule has 0 aromatic heterocycles. The number of ether oxygens (including phenoxy) is 1. The number of carbonyl (C=O) groups is 1. The lowest BCUT2D eigenvalue weighted by Gasteiger charge is -2.42. The van der Waals surface area contributed by atoms with Crippen molar-refractivity contribution in [1.82, 2.24) is 0 Å². The number of likely N-dealkylation sites (N-methyl/N-ethyl adjacent to an activating group) is 1. The molecule has 0 aliphatic carbocycles. The third-order valence-corrected chi connectivity index (χ3v) is 5.04. The fourth-order valence-corrected chi connectivity index (χ4v) is 3.84. The van der Waals surface area contributed by atoms with Gasteiger partial charge in [0.25, 0.3) is 0 Å². The minimum Gasteiger partial charge on any atom is -0.462 e. The first-order valence-corrected chi connectivity index (χ1v) is 9.78. The fraction of sp³-hybridized carbons (Fsp3) is 0.333. The Kier molecular flexibility index (Phi) is 5.68. The zero-order chi connectivity index (χ0) is 20.3. The van der Waals surface area contributed by atoms with E-state index in [1.165, 1.54) is 16.8 Å². The summed E-state index contributed by atoms with van der Waals surface area (Å²) in [7, 11) is 0. The summed E-state index contributed by atoms with van der Waals surface area (Å²) in [6.45, 7) is 12.0. The number of nitrogens with zero attached hydrogens (tertiary/aromatic N) is 2. The molecule has 0 spiro atoms. The van der Waals surface area contributed by atoms with E-state index >= 15 is 0 Å². The molecule has 2 aromatic rings. The summed E-state index contributed by atoms with van der Waals surface area (Å²) < 4.78 is 5.06. The van der Waals surface area contributed by atoms with Crippen LogP contribution in [0.25, 0.3) is 5.57 Å². The van der Waals surface area contributed by atoms with Gasteiger partial charge in [-0.15, -0.1) is 0 Å². The third-order valence-electron chi connectivity index (χ3n) is 5.04. The standard InChI is InChI=1S/C24H28N2O2/c1-6-26-22-12-11-18(13-21(22)17(3)15-24(26,4)5)16-25-20-10-8-9-19(14-20)23(27)28-7-2/h8-16H,6-7H2,1-5H3. The number of anilines is 1. The quantitative estimate of drug-likeness (QED) is 0.501. The number of fused-ring (bicyclic) bond motifs is 1. The highest BCUT2D eigenvalue weighted by molar-refractivity contribution is 5.91. The van der Waals surface area contributed by atoms with Crippen LogP contribution in [0.3, 0.4) is 0 Å². The molecule has 0 fully saturated rings. The molecule has 28 heavy (non-hydrogen) atoms. The predicted octanol–water partition coefficient (Wildman–Crippen LogP) is 5.64. The Bertz CT molecular complexity index is 941. The number of allylic oxidation sites excluding steroid dienone is 1. The molecule has 1 aliphatic rings. The minimum absolute atomic E-state index is 0.00891. The summed E-state index contributed by atoms with van der Waals surface area (Å²) in [5.41, 5.74) is 6.07. The molecule has 1 aliphatic heterocycles. The summed E-state index contributed by atoms with van der Waals surface area (Å²) in [5.74, 6) is -0.323. The molecule has 0 atom stereocenters. The zero-order valence-electron chi connectivity index (χ0n) is 17.3. The maximum atomic E-state index is 11.9. The van der Waals surface area contributed by atoms with Crippen LogP contribution in [0, 0.1) is 0 Å². The number of benzene rings is 2. The minimum atomic E-state index is -0.323. The van der Waals surface area contributed by atoms with Gasteiger partial charge in [-0.2, -0.15) is 0 Å². The molecule has 0 N–H and O–H groups in total. The van der Waals surface area contributed by atoms with E-state index in [2.05, 4.69) is 61.9 Å². The van der Waals surface area contributed by atoms with Crippen molar-refractivity contribution in [3.63, 3.8) is 0 Å². The van der Waals surface area contributed by atoms with E-state index in [4.69, 9.17) is 4.74 Å². The normalized spacial score (nSPS) is 15.3.